The zero-order valence-electron chi connectivity index (χ0n) is 56.0. The fourth-order valence-electron chi connectivity index (χ4n) is 3.38. The number of nitrogens with zero attached hydrogens (tertiary/aromatic N) is 1. The van der Waals surface area contributed by atoms with Gasteiger partial charge in [-0.3, -0.25) is 0 Å². The molecule has 0 aliphatic heterocycles. The van der Waals surface area contributed by atoms with E-state index in [4.69, 9.17) is 11.7 Å². The quantitative estimate of drug-likeness (QED) is 0.322. The highest BCUT2D eigenvalue weighted by Crippen LogP contribution is 1.68. The van der Waals surface area contributed by atoms with E-state index in [2.05, 4.69) is 645 Å². The van der Waals surface area contributed by atoms with Crippen LogP contribution in [0, 0.1) is 663 Å². The van der Waals surface area contributed by atoms with Crippen molar-refractivity contribution >= 4 is 0 Å². The molecule has 112 heavy (non-hydrogen) atoms. The Morgan fingerprint density at radius 1 is 0.0714 bits per heavy atom. The summed E-state index contributed by atoms with van der Waals surface area (Å²) in [5.74, 6) is 270. The molecule has 1 nitrogen and oxygen atoms in total. The lowest BCUT2D eigenvalue weighted by molar-refractivity contribution is 1.55. The maximum absolute atomic E-state index is 8.23. The third-order valence-corrected chi connectivity index (χ3v) is 6.82. The zero-order valence-corrected chi connectivity index (χ0v) is 56.0. The summed E-state index contributed by atoms with van der Waals surface area (Å²) in [5, 5.41) is 8.23. The van der Waals surface area contributed by atoms with E-state index in [0.29, 0.717) is 0 Å². The van der Waals surface area contributed by atoms with E-state index in [1.165, 1.54) is 0 Å². The minimum atomic E-state index is 1.62. The lowest BCUT2D eigenvalue weighted by Crippen LogP contribution is -1.57. The van der Waals surface area contributed by atoms with Gasteiger partial charge in [0.25, 0.3) is 0 Å². The maximum Gasteiger partial charge on any atom is 0.153 e. The summed E-state index contributed by atoms with van der Waals surface area (Å²) in [6.07, 6.45) is 4.95. The van der Waals surface area contributed by atoms with E-state index in [9.17, 15) is 0 Å². The fraction of sp³-hybridized carbons (Fsp3) is 0. The summed E-state index contributed by atoms with van der Waals surface area (Å²) in [7, 11) is 0. The summed E-state index contributed by atoms with van der Waals surface area (Å²) in [6, 6.07) is 1.62. The van der Waals surface area contributed by atoms with Crippen molar-refractivity contribution in [3.63, 3.8) is 0 Å². The van der Waals surface area contributed by atoms with Crippen LogP contribution in [0.2, 0.25) is 0 Å². The van der Waals surface area contributed by atoms with Gasteiger partial charge in [-0.25, -0.2) is 0 Å². The van der Waals surface area contributed by atoms with Crippen molar-refractivity contribution in [3.8, 4) is 658 Å². The molecular weight excluding hydrogens is 1350 g/mol. The first-order chi connectivity index (χ1) is 55.9. The van der Waals surface area contributed by atoms with Crippen LogP contribution in [0.5, 0.6) is 0 Å². The van der Waals surface area contributed by atoms with Crippen LogP contribution < -0.4 is 0 Å². The predicted octanol–water partition coefficient (Wildman–Crippen LogP) is 0.327. The van der Waals surface area contributed by atoms with E-state index < -0.39 is 0 Å². The van der Waals surface area contributed by atoms with E-state index in [1.54, 1.807) is 6.07 Å². The van der Waals surface area contributed by atoms with Crippen LogP contribution in [0.15, 0.2) is 0 Å². The Balaban J connectivity index is 4.64. The summed E-state index contributed by atoms with van der Waals surface area (Å²) in [6.45, 7) is 0. The van der Waals surface area contributed by atoms with Crippen molar-refractivity contribution in [1.82, 2.24) is 0 Å². The topological polar surface area (TPSA) is 23.8 Å². The second-order valence-corrected chi connectivity index (χ2v) is 13.8. The summed E-state index contributed by atoms with van der Waals surface area (Å²) >= 11 is 0. The van der Waals surface area contributed by atoms with E-state index in [-0.39, 0.29) is 0 Å². The summed E-state index contributed by atoms with van der Waals surface area (Å²) in [4.78, 5) is 0. The summed E-state index contributed by atoms with van der Waals surface area (Å²) < 4.78 is 0. The predicted molar refractivity (Wildman–Crippen MR) is 434 cm³/mol. The molecule has 0 saturated carbocycles. The molecule has 450 valence electrons. The van der Waals surface area contributed by atoms with Crippen molar-refractivity contribution in [2.45, 2.75) is 0 Å². The van der Waals surface area contributed by atoms with Gasteiger partial charge in [-0.15, -0.1) is 6.42 Å². The lowest BCUT2D eigenvalue weighted by Gasteiger charge is -1.58. The Morgan fingerprint density at radius 3 is 0.161 bits per heavy atom. The largest absolute Gasteiger partial charge is 0.183 e. The standard InChI is InChI=1S/C111HN/c1-2-3-4-5-6-7-8-9-10-11-12-13-14-15-16-17-18-19-20-21-22-23-24-25-26-27-28-29-30-31-32-33-34-35-36-37-38-39-40-41-42-43-44-45-46-47-48-49-50-51-52-53-54-55-56-57-58-59-60-61-62-63-64-65-66-67-68-69-70-71-72-73-74-75-76-77-78-79-80-81-82-83-84-85-86-87-88-89-90-91-92-93-94-95-96-97-98-99-100-101-102-103-104-105-106-107-108-109-110-111-112/h1H. The van der Waals surface area contributed by atoms with Gasteiger partial charge in [-0.2, -0.15) is 5.26 Å². The Bertz CT molecular complexity index is 7520. The number of hydrogen-bond acceptors (Lipinski definition) is 1. The lowest BCUT2D eigenvalue weighted by atomic mass is 10.4. The van der Waals surface area contributed by atoms with Crippen LogP contribution >= 0.6 is 0 Å². The van der Waals surface area contributed by atoms with Crippen LogP contribution in [0.1, 0.15) is 0 Å². The molecule has 0 radical (unpaired) electrons. The zero-order chi connectivity index (χ0) is 79.8. The average molecular weight is 1350 g/mol. The normalized spacial score (nSPS) is 3.95. The smallest absolute Gasteiger partial charge is 0.153 e. The highest BCUT2D eigenvalue weighted by molar-refractivity contribution is 5.57. The highest BCUT2D eigenvalue weighted by atomic mass is 14.2. The Morgan fingerprint density at radius 2 is 0.116 bits per heavy atom. The molecule has 0 aromatic rings. The van der Waals surface area contributed by atoms with Crippen LogP contribution in [-0.2, 0) is 0 Å². The average Bonchev–Trinajstić information content (AvgIpc) is 3.05. The molecule has 0 rings (SSSR count). The molecule has 0 bridgehead atoms. The molecule has 0 saturated heterocycles. The van der Waals surface area contributed by atoms with Crippen LogP contribution in [0.3, 0.4) is 0 Å². The molecule has 0 heterocycles. The van der Waals surface area contributed by atoms with E-state index in [1.807, 2.05) is 0 Å². The number of rotatable bonds is 0. The van der Waals surface area contributed by atoms with Gasteiger partial charge in [0.05, 0.1) is 0 Å². The first-order valence-electron chi connectivity index (χ1n) is 27.8. The van der Waals surface area contributed by atoms with Crippen molar-refractivity contribution in [3.05, 3.63) is 0 Å². The second-order valence-electron chi connectivity index (χ2n) is 13.8. The Hall–Kier alpha value is -24.7. The SMILES string of the molecule is C#CC#CC#CC#CC#CC#CC#CC#CC#CC#CC#CC#CC#CC#CC#CC#CC#CC#CC#CC#CC#CC#CC#CC#CC#CC#CC#CC#CC#CC#CC#CC#CC#CC#CC#CC#CC#CC#CC#CC#CC#CC#CC#CC#CC#CC#CC#CC#CC#CC#CC#CC#CC#CC#CC#CC#N. The molecule has 0 amide bonds. The van der Waals surface area contributed by atoms with E-state index >= 15 is 0 Å². The molecule has 0 atom stereocenters. The molecule has 0 unspecified atom stereocenters. The fourth-order valence-corrected chi connectivity index (χ4v) is 3.38. The monoisotopic (exact) mass is 1350 g/mol. The van der Waals surface area contributed by atoms with Gasteiger partial charge in [0, 0.05) is 598 Å². The molecule has 0 aromatic carbocycles. The molecule has 1 heteroatoms. The van der Waals surface area contributed by atoms with Crippen LogP contribution in [0.25, 0.3) is 0 Å². The van der Waals surface area contributed by atoms with Crippen molar-refractivity contribution in [2.24, 2.45) is 0 Å². The van der Waals surface area contributed by atoms with Gasteiger partial charge in [-0.1, -0.05) is 0 Å². The first kappa shape index (κ1) is 87.3. The molecule has 0 fully saturated rings. The van der Waals surface area contributed by atoms with Crippen LogP contribution in [-0.4, -0.2) is 0 Å². The minimum Gasteiger partial charge on any atom is -0.183 e. The first-order valence-corrected chi connectivity index (χ1v) is 27.8. The van der Waals surface area contributed by atoms with Gasteiger partial charge in [0.15, 0.2) is 6.07 Å². The van der Waals surface area contributed by atoms with Crippen molar-refractivity contribution < 1.29 is 0 Å². The third kappa shape index (κ3) is 85.3. The minimum absolute atomic E-state index is 1.62. The number of nitriles is 1. The molecule has 0 spiro atoms. The molecular formula is C111HN. The third-order valence-electron chi connectivity index (χ3n) is 6.82. The van der Waals surface area contributed by atoms with Gasteiger partial charge in [-0.05, 0) is 47.4 Å². The van der Waals surface area contributed by atoms with Gasteiger partial charge >= 0.3 is 0 Å². The summed E-state index contributed by atoms with van der Waals surface area (Å²) in [5.41, 5.74) is 0. The number of terminal acetylenes is 1. The molecule has 0 aliphatic rings. The Kier molecular flexibility index (Phi) is 67.3. The molecule has 0 N–H and O–H groups in total. The second kappa shape index (κ2) is 86.3. The molecule has 0 aromatic heterocycles. The maximum atomic E-state index is 8.23. The van der Waals surface area contributed by atoms with Gasteiger partial charge in [0.2, 0.25) is 0 Å². The highest BCUT2D eigenvalue weighted by Gasteiger charge is 1.68. The number of hydrogen-bond donors (Lipinski definition) is 0. The van der Waals surface area contributed by atoms with E-state index in [0.717, 1.165) is 0 Å². The Labute approximate surface area is 658 Å². The van der Waals surface area contributed by atoms with Crippen molar-refractivity contribution in [2.75, 3.05) is 0 Å². The van der Waals surface area contributed by atoms with Crippen molar-refractivity contribution in [1.29, 1.82) is 5.26 Å². The van der Waals surface area contributed by atoms with Crippen LogP contribution in [0.4, 0.5) is 0 Å². The molecule has 0 aliphatic carbocycles. The van der Waals surface area contributed by atoms with Gasteiger partial charge in [0.1, 0.15) is 0 Å². The van der Waals surface area contributed by atoms with Gasteiger partial charge < -0.3 is 0 Å².